The van der Waals surface area contributed by atoms with Gasteiger partial charge in [0.2, 0.25) is 0 Å². The molecule has 2 aromatic rings. The minimum atomic E-state index is -0.233. The quantitative estimate of drug-likeness (QED) is 0.875. The molecule has 0 fully saturated rings. The molecule has 0 saturated heterocycles. The topological polar surface area (TPSA) is 26.0 Å². The van der Waals surface area contributed by atoms with E-state index >= 15 is 0 Å². The molecule has 0 aliphatic heterocycles. The Morgan fingerprint density at radius 2 is 1.79 bits per heavy atom. The summed E-state index contributed by atoms with van der Waals surface area (Å²) in [6.07, 6.45) is 4.24. The minimum Gasteiger partial charge on any atom is -0.321 e. The summed E-state index contributed by atoms with van der Waals surface area (Å²) in [7, 11) is 0. The molecule has 19 heavy (non-hydrogen) atoms. The van der Waals surface area contributed by atoms with Crippen molar-refractivity contribution in [2.24, 2.45) is 5.73 Å². The fraction of sp³-hybridized carbons (Fsp3) is 0.294. The Morgan fingerprint density at radius 3 is 2.58 bits per heavy atom. The summed E-state index contributed by atoms with van der Waals surface area (Å²) < 4.78 is 0. The monoisotopic (exact) mass is 271 g/mol. The lowest BCUT2D eigenvalue weighted by Crippen LogP contribution is -2.42. The maximum Gasteiger partial charge on any atom is 0.0453 e. The van der Waals surface area contributed by atoms with E-state index in [2.05, 4.69) is 36.4 Å². The van der Waals surface area contributed by atoms with Gasteiger partial charge in [-0.15, -0.1) is 0 Å². The van der Waals surface area contributed by atoms with Crippen LogP contribution in [0.25, 0.3) is 0 Å². The van der Waals surface area contributed by atoms with Crippen LogP contribution in [0, 0.1) is 0 Å². The molecule has 1 aliphatic carbocycles. The number of hydrogen-bond acceptors (Lipinski definition) is 1. The molecule has 0 heterocycles. The van der Waals surface area contributed by atoms with Crippen LogP contribution in [0.5, 0.6) is 0 Å². The van der Waals surface area contributed by atoms with Crippen molar-refractivity contribution in [3.63, 3.8) is 0 Å². The van der Waals surface area contributed by atoms with E-state index in [0.717, 1.165) is 24.3 Å². The molecule has 1 aliphatic rings. The molecule has 1 unspecified atom stereocenters. The summed E-state index contributed by atoms with van der Waals surface area (Å²) in [6, 6.07) is 16.6. The van der Waals surface area contributed by atoms with Crippen molar-refractivity contribution in [3.05, 3.63) is 70.2 Å². The number of halogens is 1. The van der Waals surface area contributed by atoms with Crippen molar-refractivity contribution in [3.8, 4) is 0 Å². The highest BCUT2D eigenvalue weighted by Gasteiger charge is 2.32. The van der Waals surface area contributed by atoms with Crippen molar-refractivity contribution in [2.45, 2.75) is 31.2 Å². The first kappa shape index (κ1) is 12.7. The van der Waals surface area contributed by atoms with Crippen LogP contribution in [-0.4, -0.2) is 0 Å². The van der Waals surface area contributed by atoms with Crippen LogP contribution in [0.15, 0.2) is 48.5 Å². The Balaban J connectivity index is 1.93. The van der Waals surface area contributed by atoms with Crippen LogP contribution in [0.2, 0.25) is 5.02 Å². The maximum atomic E-state index is 6.71. The molecular weight excluding hydrogens is 254 g/mol. The Labute approximate surface area is 119 Å². The lowest BCUT2D eigenvalue weighted by atomic mass is 9.74. The average Bonchev–Trinajstić information content (AvgIpc) is 2.42. The second-order valence-electron chi connectivity index (χ2n) is 5.47. The molecule has 0 bridgehead atoms. The number of hydrogen-bond donors (Lipinski definition) is 1. The van der Waals surface area contributed by atoms with Gasteiger partial charge in [-0.05, 0) is 54.5 Å². The Bertz CT molecular complexity index is 576. The first-order chi connectivity index (χ1) is 9.17. The highest BCUT2D eigenvalue weighted by molar-refractivity contribution is 6.30. The van der Waals surface area contributed by atoms with Gasteiger partial charge in [0.15, 0.2) is 0 Å². The third-order valence-electron chi connectivity index (χ3n) is 4.06. The van der Waals surface area contributed by atoms with Crippen LogP contribution >= 0.6 is 11.6 Å². The molecule has 0 amide bonds. The van der Waals surface area contributed by atoms with Gasteiger partial charge in [0, 0.05) is 10.6 Å². The van der Waals surface area contributed by atoms with E-state index in [4.69, 9.17) is 17.3 Å². The molecule has 2 heteroatoms. The van der Waals surface area contributed by atoms with E-state index in [-0.39, 0.29) is 5.54 Å². The van der Waals surface area contributed by atoms with Crippen LogP contribution in [-0.2, 0) is 18.4 Å². The SMILES string of the molecule is NC1(Cc2ccc(Cl)cc2)CCCc2ccccc21. The molecule has 2 N–H and O–H groups in total. The van der Waals surface area contributed by atoms with Gasteiger partial charge in [0.1, 0.15) is 0 Å². The Morgan fingerprint density at radius 1 is 1.05 bits per heavy atom. The van der Waals surface area contributed by atoms with Crippen molar-refractivity contribution < 1.29 is 0 Å². The summed E-state index contributed by atoms with van der Waals surface area (Å²) in [5.41, 5.74) is 10.5. The highest BCUT2D eigenvalue weighted by atomic mass is 35.5. The number of aryl methyl sites for hydroxylation is 1. The Hall–Kier alpha value is -1.31. The van der Waals surface area contributed by atoms with E-state index in [1.807, 2.05) is 12.1 Å². The van der Waals surface area contributed by atoms with Crippen molar-refractivity contribution >= 4 is 11.6 Å². The molecule has 2 aromatic carbocycles. The van der Waals surface area contributed by atoms with Crippen molar-refractivity contribution in [1.29, 1.82) is 0 Å². The normalized spacial score (nSPS) is 22.0. The second kappa shape index (κ2) is 4.99. The van der Waals surface area contributed by atoms with Gasteiger partial charge in [-0.25, -0.2) is 0 Å². The fourth-order valence-electron chi connectivity index (χ4n) is 3.10. The molecule has 1 atom stereocenters. The van der Waals surface area contributed by atoms with Crippen LogP contribution in [0.3, 0.4) is 0 Å². The summed E-state index contributed by atoms with van der Waals surface area (Å²) in [5.74, 6) is 0. The number of rotatable bonds is 2. The molecular formula is C17H18ClN. The number of nitrogens with two attached hydrogens (primary N) is 1. The number of benzene rings is 2. The van der Waals surface area contributed by atoms with Crippen LogP contribution in [0.4, 0.5) is 0 Å². The predicted octanol–water partition coefficient (Wildman–Crippen LogP) is 4.07. The zero-order chi connectivity index (χ0) is 13.3. The standard InChI is InChI=1S/C17H18ClN/c18-15-9-7-13(8-10-15)12-17(19)11-3-5-14-4-1-2-6-16(14)17/h1-2,4,6-10H,3,5,11-12,19H2. The smallest absolute Gasteiger partial charge is 0.0453 e. The fourth-order valence-corrected chi connectivity index (χ4v) is 3.23. The summed E-state index contributed by atoms with van der Waals surface area (Å²) >= 11 is 5.94. The highest BCUT2D eigenvalue weighted by Crippen LogP contribution is 2.35. The van der Waals surface area contributed by atoms with Gasteiger partial charge in [-0.1, -0.05) is 48.0 Å². The summed E-state index contributed by atoms with van der Waals surface area (Å²) in [6.45, 7) is 0. The lowest BCUT2D eigenvalue weighted by molar-refractivity contribution is 0.369. The van der Waals surface area contributed by atoms with Crippen molar-refractivity contribution in [1.82, 2.24) is 0 Å². The molecule has 0 aromatic heterocycles. The molecule has 3 rings (SSSR count). The van der Waals surface area contributed by atoms with Gasteiger partial charge in [-0.2, -0.15) is 0 Å². The lowest BCUT2D eigenvalue weighted by Gasteiger charge is -2.36. The van der Waals surface area contributed by atoms with E-state index in [0.29, 0.717) is 0 Å². The largest absolute Gasteiger partial charge is 0.321 e. The van der Waals surface area contributed by atoms with Gasteiger partial charge in [0.25, 0.3) is 0 Å². The van der Waals surface area contributed by atoms with Crippen LogP contribution in [0.1, 0.15) is 29.5 Å². The maximum absolute atomic E-state index is 6.71. The van der Waals surface area contributed by atoms with E-state index in [1.54, 1.807) is 0 Å². The van der Waals surface area contributed by atoms with E-state index in [9.17, 15) is 0 Å². The first-order valence-electron chi connectivity index (χ1n) is 6.79. The molecule has 0 saturated carbocycles. The third kappa shape index (κ3) is 2.54. The van der Waals surface area contributed by atoms with Gasteiger partial charge in [-0.3, -0.25) is 0 Å². The Kier molecular flexibility index (Phi) is 3.34. The second-order valence-corrected chi connectivity index (χ2v) is 5.91. The molecule has 0 spiro atoms. The van der Waals surface area contributed by atoms with Gasteiger partial charge >= 0.3 is 0 Å². The number of fused-ring (bicyclic) bond motifs is 1. The third-order valence-corrected chi connectivity index (χ3v) is 4.31. The zero-order valence-electron chi connectivity index (χ0n) is 10.9. The molecule has 0 radical (unpaired) electrons. The minimum absolute atomic E-state index is 0.233. The molecule has 98 valence electrons. The zero-order valence-corrected chi connectivity index (χ0v) is 11.7. The van der Waals surface area contributed by atoms with Crippen LogP contribution < -0.4 is 5.73 Å². The van der Waals surface area contributed by atoms with Crippen molar-refractivity contribution in [2.75, 3.05) is 0 Å². The van der Waals surface area contributed by atoms with Gasteiger partial charge in [0.05, 0.1) is 0 Å². The summed E-state index contributed by atoms with van der Waals surface area (Å²) in [5, 5.41) is 0.777. The average molecular weight is 272 g/mol. The first-order valence-corrected chi connectivity index (χ1v) is 7.17. The predicted molar refractivity (Wildman–Crippen MR) is 80.4 cm³/mol. The summed E-state index contributed by atoms with van der Waals surface area (Å²) in [4.78, 5) is 0. The molecule has 1 nitrogen and oxygen atoms in total. The van der Waals surface area contributed by atoms with E-state index in [1.165, 1.54) is 23.1 Å². The van der Waals surface area contributed by atoms with Gasteiger partial charge < -0.3 is 5.73 Å². The van der Waals surface area contributed by atoms with E-state index < -0.39 is 0 Å².